The Bertz CT molecular complexity index is 511. The summed E-state index contributed by atoms with van der Waals surface area (Å²) in [5.41, 5.74) is 7.67. The third-order valence-electron chi connectivity index (χ3n) is 3.06. The largest absolute Gasteiger partial charge is 0.496 e. The Morgan fingerprint density at radius 1 is 1.44 bits per heavy atom. The minimum atomic E-state index is 0.297. The van der Waals surface area contributed by atoms with E-state index in [1.807, 2.05) is 18.2 Å². The molecule has 1 aliphatic heterocycles. The quantitative estimate of drug-likeness (QED) is 0.933. The van der Waals surface area contributed by atoms with Gasteiger partial charge in [-0.25, -0.2) is 0 Å². The van der Waals surface area contributed by atoms with Crippen molar-refractivity contribution >= 4 is 27.5 Å². The summed E-state index contributed by atoms with van der Waals surface area (Å²) in [4.78, 5) is 0. The van der Waals surface area contributed by atoms with Crippen molar-refractivity contribution in [2.75, 3.05) is 7.11 Å². The van der Waals surface area contributed by atoms with Crippen LogP contribution in [0.3, 0.4) is 0 Å². The number of halogens is 1. The Hall–Kier alpha value is -1.36. The first-order valence-electron chi connectivity index (χ1n) is 5.89. The monoisotopic (exact) mass is 309 g/mol. The van der Waals surface area contributed by atoms with Gasteiger partial charge in [-0.3, -0.25) is 0 Å². The summed E-state index contributed by atoms with van der Waals surface area (Å²) in [5.74, 6) is 1.70. The van der Waals surface area contributed by atoms with E-state index >= 15 is 0 Å². The Balaban J connectivity index is 2.49. The molecular weight excluding hydrogens is 294 g/mol. The average molecular weight is 310 g/mol. The lowest BCUT2D eigenvalue weighted by atomic mass is 9.90. The fourth-order valence-electron chi connectivity index (χ4n) is 2.08. The summed E-state index contributed by atoms with van der Waals surface area (Å²) in [6, 6.07) is 5.89. The molecule has 1 unspecified atom stereocenters. The normalized spacial score (nSPS) is 19.2. The van der Waals surface area contributed by atoms with Gasteiger partial charge < -0.3 is 10.5 Å². The van der Waals surface area contributed by atoms with E-state index in [4.69, 9.17) is 10.5 Å². The van der Waals surface area contributed by atoms with Gasteiger partial charge >= 0.3 is 0 Å². The molecule has 0 saturated carbocycles. The summed E-state index contributed by atoms with van der Waals surface area (Å²) in [5, 5.41) is 8.26. The summed E-state index contributed by atoms with van der Waals surface area (Å²) in [6.07, 6.45) is 1.73. The van der Waals surface area contributed by atoms with E-state index < -0.39 is 0 Å². The van der Waals surface area contributed by atoms with Crippen LogP contribution in [0.2, 0.25) is 0 Å². The van der Waals surface area contributed by atoms with E-state index in [1.54, 1.807) is 7.11 Å². The molecule has 1 heterocycles. The molecule has 18 heavy (non-hydrogen) atoms. The van der Waals surface area contributed by atoms with Crippen molar-refractivity contribution in [2.45, 2.75) is 19.8 Å². The second-order valence-electron chi connectivity index (χ2n) is 4.23. The number of benzene rings is 1. The smallest absolute Gasteiger partial charge is 0.128 e. The highest BCUT2D eigenvalue weighted by atomic mass is 79.9. The van der Waals surface area contributed by atoms with Crippen LogP contribution in [0.5, 0.6) is 5.75 Å². The van der Waals surface area contributed by atoms with Crippen molar-refractivity contribution < 1.29 is 4.74 Å². The molecule has 0 bridgehead atoms. The Kier molecular flexibility index (Phi) is 4.01. The Morgan fingerprint density at radius 3 is 2.89 bits per heavy atom. The van der Waals surface area contributed by atoms with Crippen molar-refractivity contribution in [1.29, 1.82) is 0 Å². The highest BCUT2D eigenvalue weighted by Crippen LogP contribution is 2.29. The molecule has 1 aromatic carbocycles. The fourth-order valence-corrected chi connectivity index (χ4v) is 2.44. The molecule has 2 rings (SSSR count). The molecule has 1 aliphatic rings. The van der Waals surface area contributed by atoms with Gasteiger partial charge in [0.15, 0.2) is 0 Å². The molecule has 1 aromatic rings. The zero-order chi connectivity index (χ0) is 13.1. The maximum absolute atomic E-state index is 5.74. The van der Waals surface area contributed by atoms with E-state index in [9.17, 15) is 0 Å². The van der Waals surface area contributed by atoms with Gasteiger partial charge in [-0.1, -0.05) is 22.9 Å². The number of methoxy groups -OCH3 is 1. The molecule has 96 valence electrons. The molecule has 0 saturated heterocycles. The standard InChI is InChI=1S/C13H16BrN3O/c1-3-8-6-12(15)16-17-13(8)10-7-9(14)4-5-11(10)18-2/h4-5,7-8H,3,6H2,1-2H3,(H2,15,16). The van der Waals surface area contributed by atoms with Crippen molar-refractivity contribution in [3.8, 4) is 5.75 Å². The Labute approximate surface area is 115 Å². The highest BCUT2D eigenvalue weighted by molar-refractivity contribution is 9.10. The number of nitrogens with two attached hydrogens (primary N) is 1. The van der Waals surface area contributed by atoms with Crippen LogP contribution in [-0.4, -0.2) is 18.7 Å². The van der Waals surface area contributed by atoms with Gasteiger partial charge in [-0.15, -0.1) is 5.10 Å². The maximum Gasteiger partial charge on any atom is 0.128 e. The van der Waals surface area contributed by atoms with Gasteiger partial charge in [0, 0.05) is 22.4 Å². The number of hydrogen-bond donors (Lipinski definition) is 1. The van der Waals surface area contributed by atoms with Gasteiger partial charge in [0.1, 0.15) is 11.6 Å². The zero-order valence-electron chi connectivity index (χ0n) is 10.5. The Morgan fingerprint density at radius 2 is 2.22 bits per heavy atom. The van der Waals surface area contributed by atoms with Crippen LogP contribution in [0.15, 0.2) is 32.9 Å². The second kappa shape index (κ2) is 5.52. The SMILES string of the molecule is CCC1CC(N)=NN=C1c1cc(Br)ccc1OC. The summed E-state index contributed by atoms with van der Waals surface area (Å²) in [7, 11) is 1.66. The maximum atomic E-state index is 5.74. The van der Waals surface area contributed by atoms with Gasteiger partial charge in [-0.2, -0.15) is 5.10 Å². The summed E-state index contributed by atoms with van der Waals surface area (Å²) < 4.78 is 6.39. The number of rotatable bonds is 3. The van der Waals surface area contributed by atoms with Crippen LogP contribution in [0.25, 0.3) is 0 Å². The molecule has 2 N–H and O–H groups in total. The van der Waals surface area contributed by atoms with Crippen molar-refractivity contribution in [3.05, 3.63) is 28.2 Å². The van der Waals surface area contributed by atoms with Gasteiger partial charge in [0.05, 0.1) is 12.8 Å². The minimum Gasteiger partial charge on any atom is -0.496 e. The number of hydrogen-bond acceptors (Lipinski definition) is 4. The predicted molar refractivity (Wildman–Crippen MR) is 77.3 cm³/mol. The molecule has 0 aromatic heterocycles. The molecule has 0 aliphatic carbocycles. The molecule has 4 nitrogen and oxygen atoms in total. The molecule has 1 atom stereocenters. The van der Waals surface area contributed by atoms with Crippen LogP contribution in [0.4, 0.5) is 0 Å². The van der Waals surface area contributed by atoms with Crippen molar-refractivity contribution in [2.24, 2.45) is 21.9 Å². The molecule has 0 amide bonds. The lowest BCUT2D eigenvalue weighted by molar-refractivity contribution is 0.413. The fraction of sp³-hybridized carbons (Fsp3) is 0.385. The van der Waals surface area contributed by atoms with Crippen LogP contribution in [0, 0.1) is 5.92 Å². The first-order valence-corrected chi connectivity index (χ1v) is 6.68. The molecule has 0 spiro atoms. The van der Waals surface area contributed by atoms with Crippen molar-refractivity contribution in [3.63, 3.8) is 0 Å². The third-order valence-corrected chi connectivity index (χ3v) is 3.55. The average Bonchev–Trinajstić information content (AvgIpc) is 2.38. The summed E-state index contributed by atoms with van der Waals surface area (Å²) in [6.45, 7) is 2.13. The topological polar surface area (TPSA) is 60.0 Å². The minimum absolute atomic E-state index is 0.297. The number of amidine groups is 1. The van der Waals surface area contributed by atoms with Crippen LogP contribution in [-0.2, 0) is 0 Å². The zero-order valence-corrected chi connectivity index (χ0v) is 12.1. The van der Waals surface area contributed by atoms with E-state index in [-0.39, 0.29) is 0 Å². The lowest BCUT2D eigenvalue weighted by Gasteiger charge is -2.21. The second-order valence-corrected chi connectivity index (χ2v) is 5.15. The van der Waals surface area contributed by atoms with Gasteiger partial charge in [0.2, 0.25) is 0 Å². The third kappa shape index (κ3) is 2.56. The molecule has 0 radical (unpaired) electrons. The predicted octanol–water partition coefficient (Wildman–Crippen LogP) is 2.95. The first-order chi connectivity index (χ1) is 8.65. The molecule has 0 fully saturated rings. The van der Waals surface area contributed by atoms with Crippen LogP contribution >= 0.6 is 15.9 Å². The number of nitrogens with zero attached hydrogens (tertiary/aromatic N) is 2. The molecular formula is C13H16BrN3O. The summed E-state index contributed by atoms with van der Waals surface area (Å²) >= 11 is 3.47. The van der Waals surface area contributed by atoms with E-state index in [0.29, 0.717) is 11.8 Å². The van der Waals surface area contributed by atoms with Crippen molar-refractivity contribution in [1.82, 2.24) is 0 Å². The van der Waals surface area contributed by atoms with Crippen LogP contribution in [0.1, 0.15) is 25.3 Å². The molecule has 5 heteroatoms. The van der Waals surface area contributed by atoms with Gasteiger partial charge in [0.25, 0.3) is 0 Å². The first kappa shape index (κ1) is 13.1. The van der Waals surface area contributed by atoms with Gasteiger partial charge in [-0.05, 0) is 24.6 Å². The van der Waals surface area contributed by atoms with E-state index in [2.05, 4.69) is 33.1 Å². The van der Waals surface area contributed by atoms with E-state index in [1.165, 1.54) is 0 Å². The van der Waals surface area contributed by atoms with Crippen LogP contribution < -0.4 is 10.5 Å². The van der Waals surface area contributed by atoms with E-state index in [0.717, 1.165) is 34.3 Å². The number of ether oxygens (including phenoxy) is 1. The lowest BCUT2D eigenvalue weighted by Crippen LogP contribution is -2.27. The highest BCUT2D eigenvalue weighted by Gasteiger charge is 2.23.